The van der Waals surface area contributed by atoms with Crippen molar-refractivity contribution in [2.75, 3.05) is 25.4 Å². The van der Waals surface area contributed by atoms with Crippen LogP contribution < -0.4 is 5.73 Å². The monoisotopic (exact) mass is 551 g/mol. The van der Waals surface area contributed by atoms with Gasteiger partial charge in [-0.1, -0.05) is 48.9 Å². The molecule has 0 atom stereocenters. The molecule has 179 valence electrons. The first kappa shape index (κ1) is 24.9. The van der Waals surface area contributed by atoms with Crippen LogP contribution in [0.15, 0.2) is 54.9 Å². The quantitative estimate of drug-likeness (QED) is 0.320. The standard InChI is InChI=1S/C28H28N7.Y/c1-3-34-15-13-21(14-16-34)28-33-25(26-27(29)30-17-31-35(26)28)22-11-9-20-10-12-23(32-24(20)18(22)2)19-7-5-4-6-8-19;/h4-9,11-12,17,21H,3,13-16H2,1-2H3,(H2,29,30,31);/q-1;. The Labute approximate surface area is 236 Å². The number of pyridine rings is 1. The van der Waals surface area contributed by atoms with Crippen LogP contribution in [0.3, 0.4) is 0 Å². The van der Waals surface area contributed by atoms with Crippen molar-refractivity contribution in [2.24, 2.45) is 0 Å². The van der Waals surface area contributed by atoms with Crippen molar-refractivity contribution in [3.8, 4) is 22.5 Å². The second-order valence-corrected chi connectivity index (χ2v) is 9.22. The number of likely N-dealkylation sites (tertiary alicyclic amines) is 1. The van der Waals surface area contributed by atoms with Crippen molar-refractivity contribution in [3.63, 3.8) is 0 Å². The maximum Gasteiger partial charge on any atom is 0.153 e. The molecular weight excluding hydrogens is 523 g/mol. The smallest absolute Gasteiger partial charge is 0.153 e. The van der Waals surface area contributed by atoms with Gasteiger partial charge in [-0.25, -0.2) is 14.5 Å². The Hall–Kier alpha value is -2.74. The van der Waals surface area contributed by atoms with Gasteiger partial charge >= 0.3 is 0 Å². The number of anilines is 1. The Bertz CT molecular complexity index is 1520. The number of nitrogens with zero attached hydrogens (tertiary/aromatic N) is 6. The normalized spacial score (nSPS) is 14.8. The van der Waals surface area contributed by atoms with Crippen molar-refractivity contribution in [3.05, 3.63) is 72.3 Å². The van der Waals surface area contributed by atoms with Crippen molar-refractivity contribution in [2.45, 2.75) is 32.6 Å². The number of aryl methyl sites for hydroxylation is 1. The van der Waals surface area contributed by atoms with Gasteiger partial charge in [0.25, 0.3) is 0 Å². The number of hydrogen-bond donors (Lipinski definition) is 1. The molecule has 2 N–H and O–H groups in total. The Morgan fingerprint density at radius 1 is 1.06 bits per heavy atom. The van der Waals surface area contributed by atoms with Crippen LogP contribution in [-0.2, 0) is 32.7 Å². The van der Waals surface area contributed by atoms with Crippen LogP contribution in [0.1, 0.15) is 37.1 Å². The Balaban J connectivity index is 0.00000267. The molecular formula is C28H28N7Y-. The van der Waals surface area contributed by atoms with Crippen molar-refractivity contribution < 1.29 is 32.7 Å². The van der Waals surface area contributed by atoms with E-state index in [0.717, 1.165) is 82.8 Å². The summed E-state index contributed by atoms with van der Waals surface area (Å²) in [5.74, 6) is 1.75. The number of nitrogen functional groups attached to an aromatic ring is 1. The average Bonchev–Trinajstić information content (AvgIpc) is 3.30. The third kappa shape index (κ3) is 4.34. The minimum atomic E-state index is 0. The molecule has 0 amide bonds. The molecule has 0 unspecified atom stereocenters. The van der Waals surface area contributed by atoms with Crippen LogP contribution >= 0.6 is 0 Å². The number of fused-ring (bicyclic) bond motifs is 2. The van der Waals surface area contributed by atoms with Gasteiger partial charge in [0.05, 0.1) is 0 Å². The summed E-state index contributed by atoms with van der Waals surface area (Å²) in [6, 6.07) is 19.7. The largest absolute Gasteiger partial charge is 0.382 e. The molecule has 7 nitrogen and oxygen atoms in total. The molecule has 36 heavy (non-hydrogen) atoms. The van der Waals surface area contributed by atoms with Crippen LogP contribution in [0.4, 0.5) is 5.82 Å². The molecule has 0 spiro atoms. The summed E-state index contributed by atoms with van der Waals surface area (Å²) < 4.78 is 1.91. The molecule has 1 aliphatic heterocycles. The number of aromatic nitrogens is 5. The van der Waals surface area contributed by atoms with E-state index in [0.29, 0.717) is 11.7 Å². The van der Waals surface area contributed by atoms with Crippen LogP contribution in [0.5, 0.6) is 0 Å². The Morgan fingerprint density at radius 2 is 1.83 bits per heavy atom. The maximum absolute atomic E-state index is 6.40. The first-order valence-corrected chi connectivity index (χ1v) is 12.2. The summed E-state index contributed by atoms with van der Waals surface area (Å²) in [5, 5.41) is 5.55. The maximum atomic E-state index is 6.40. The van der Waals surface area contributed by atoms with E-state index < -0.39 is 0 Å². The second kappa shape index (κ2) is 10.3. The summed E-state index contributed by atoms with van der Waals surface area (Å²) in [7, 11) is 0. The summed E-state index contributed by atoms with van der Waals surface area (Å²) >= 11 is 0. The number of hydrogen-bond acceptors (Lipinski definition) is 6. The van der Waals surface area contributed by atoms with Crippen molar-refractivity contribution in [1.29, 1.82) is 0 Å². The van der Waals surface area contributed by atoms with Gasteiger partial charge < -0.3 is 15.6 Å². The predicted molar refractivity (Wildman–Crippen MR) is 139 cm³/mol. The summed E-state index contributed by atoms with van der Waals surface area (Å²) in [6.45, 7) is 7.54. The van der Waals surface area contributed by atoms with Gasteiger partial charge in [0.1, 0.15) is 23.4 Å². The van der Waals surface area contributed by atoms with Gasteiger partial charge in [-0.2, -0.15) is 5.10 Å². The molecule has 3 aromatic heterocycles. The summed E-state index contributed by atoms with van der Waals surface area (Å²) in [4.78, 5) is 17.0. The zero-order valence-electron chi connectivity index (χ0n) is 20.6. The fraction of sp³-hybridized carbons (Fsp3) is 0.286. The molecule has 5 aromatic rings. The molecule has 8 heteroatoms. The Morgan fingerprint density at radius 3 is 2.58 bits per heavy atom. The van der Waals surface area contributed by atoms with E-state index in [1.165, 1.54) is 6.33 Å². The van der Waals surface area contributed by atoms with E-state index in [4.69, 9.17) is 15.7 Å². The molecule has 1 aliphatic rings. The Kier molecular flexibility index (Phi) is 7.15. The SMILES string of the molecule is CCN1CCC(c2nc(-c3ccc4[c-]cc(-c5ccccc5)nc4c3C)c3c(N)ncnn23)CC1.[Y]. The van der Waals surface area contributed by atoms with Gasteiger partial charge in [0.2, 0.25) is 0 Å². The van der Waals surface area contributed by atoms with E-state index in [2.05, 4.69) is 59.2 Å². The number of nitrogens with two attached hydrogens (primary N) is 1. The average molecular weight is 551 g/mol. The molecule has 2 aromatic carbocycles. The number of benzene rings is 2. The van der Waals surface area contributed by atoms with Gasteiger partial charge in [-0.15, -0.1) is 23.6 Å². The zero-order valence-corrected chi connectivity index (χ0v) is 23.5. The predicted octanol–water partition coefficient (Wildman–Crippen LogP) is 4.89. The van der Waals surface area contributed by atoms with Crippen molar-refractivity contribution in [1.82, 2.24) is 29.5 Å². The number of imidazole rings is 1. The van der Waals surface area contributed by atoms with E-state index in [1.807, 2.05) is 28.8 Å². The van der Waals surface area contributed by atoms with Crippen LogP contribution in [0.2, 0.25) is 0 Å². The van der Waals surface area contributed by atoms with Crippen molar-refractivity contribution >= 4 is 22.2 Å². The number of rotatable bonds is 4. The van der Waals surface area contributed by atoms with Gasteiger partial charge in [0, 0.05) is 38.6 Å². The first-order valence-electron chi connectivity index (χ1n) is 12.2. The van der Waals surface area contributed by atoms with E-state index in [9.17, 15) is 0 Å². The van der Waals surface area contributed by atoms with E-state index in [-0.39, 0.29) is 32.7 Å². The minimum absolute atomic E-state index is 0. The molecule has 0 saturated carbocycles. The van der Waals surface area contributed by atoms with Crippen LogP contribution in [-0.4, -0.2) is 49.1 Å². The fourth-order valence-electron chi connectivity index (χ4n) is 5.21. The van der Waals surface area contributed by atoms with Crippen LogP contribution in [0.25, 0.3) is 38.9 Å². The topological polar surface area (TPSA) is 85.2 Å². The first-order chi connectivity index (χ1) is 17.1. The molecule has 6 rings (SSSR count). The third-order valence-corrected chi connectivity index (χ3v) is 7.24. The summed E-state index contributed by atoms with van der Waals surface area (Å²) in [5.41, 5.74) is 12.9. The molecule has 1 saturated heterocycles. The second-order valence-electron chi connectivity index (χ2n) is 9.22. The molecule has 1 radical (unpaired) electrons. The molecule has 0 bridgehead atoms. The van der Waals surface area contributed by atoms with E-state index >= 15 is 0 Å². The van der Waals surface area contributed by atoms with Gasteiger partial charge in [-0.05, 0) is 61.7 Å². The third-order valence-electron chi connectivity index (χ3n) is 7.24. The van der Waals surface area contributed by atoms with Gasteiger partial charge in [0.15, 0.2) is 5.82 Å². The molecule has 0 aliphatic carbocycles. The molecule has 1 fully saturated rings. The fourth-order valence-corrected chi connectivity index (χ4v) is 5.21. The minimum Gasteiger partial charge on any atom is -0.382 e. The number of piperidine rings is 1. The van der Waals surface area contributed by atoms with E-state index in [1.54, 1.807) is 0 Å². The molecule has 4 heterocycles. The van der Waals surface area contributed by atoms with Crippen LogP contribution in [0, 0.1) is 13.0 Å². The van der Waals surface area contributed by atoms with Gasteiger partial charge in [-0.3, -0.25) is 0 Å². The zero-order chi connectivity index (χ0) is 23.9. The summed E-state index contributed by atoms with van der Waals surface area (Å²) in [6.07, 6.45) is 3.64.